The van der Waals surface area contributed by atoms with Crippen LogP contribution in [-0.2, 0) is 0 Å². The second kappa shape index (κ2) is 9.59. The van der Waals surface area contributed by atoms with Crippen LogP contribution in [0.1, 0.15) is 57.6 Å². The smallest absolute Gasteiger partial charge is 0.229 e. The van der Waals surface area contributed by atoms with E-state index in [1.54, 1.807) is 6.07 Å². The highest BCUT2D eigenvalue weighted by Crippen LogP contribution is 2.38. The Labute approximate surface area is 226 Å². The Morgan fingerprint density at radius 2 is 1.87 bits per heavy atom. The molecule has 3 aromatic heterocycles. The Bertz CT molecular complexity index is 1580. The van der Waals surface area contributed by atoms with Crippen molar-refractivity contribution in [2.24, 2.45) is 0 Å². The second-order valence-electron chi connectivity index (χ2n) is 10.6. The quantitative estimate of drug-likeness (QED) is 0.309. The molecule has 3 aliphatic heterocycles. The molecule has 0 radical (unpaired) electrons. The van der Waals surface area contributed by atoms with E-state index in [1.807, 2.05) is 43.7 Å². The molecule has 0 amide bonds. The van der Waals surface area contributed by atoms with E-state index < -0.39 is 11.6 Å². The third-order valence-corrected chi connectivity index (χ3v) is 7.80. The fourth-order valence-corrected chi connectivity index (χ4v) is 5.82. The van der Waals surface area contributed by atoms with Crippen molar-refractivity contribution in [1.29, 1.82) is 0 Å². The van der Waals surface area contributed by atoms with Gasteiger partial charge in [0.2, 0.25) is 5.95 Å². The summed E-state index contributed by atoms with van der Waals surface area (Å²) in [7, 11) is 0. The number of imidazole rings is 1. The van der Waals surface area contributed by atoms with Gasteiger partial charge in [0.25, 0.3) is 0 Å². The van der Waals surface area contributed by atoms with Crippen LogP contribution < -0.4 is 5.32 Å². The van der Waals surface area contributed by atoms with Crippen molar-refractivity contribution < 1.29 is 8.78 Å². The van der Waals surface area contributed by atoms with Gasteiger partial charge in [-0.15, -0.1) is 0 Å². The zero-order valence-electron chi connectivity index (χ0n) is 22.8. The first-order chi connectivity index (χ1) is 18.7. The van der Waals surface area contributed by atoms with E-state index in [2.05, 4.69) is 55.1 Å². The number of hydrogen-bond acceptors (Lipinski definition) is 7. The molecular weight excluding hydrogens is 498 g/mol. The van der Waals surface area contributed by atoms with Crippen LogP contribution in [0.4, 0.5) is 20.5 Å². The van der Waals surface area contributed by atoms with Crippen molar-refractivity contribution in [3.8, 4) is 11.3 Å². The summed E-state index contributed by atoms with van der Waals surface area (Å²) in [5, 5.41) is 3.06. The summed E-state index contributed by atoms with van der Waals surface area (Å²) < 4.78 is 31.8. The second-order valence-corrected chi connectivity index (χ2v) is 10.6. The summed E-state index contributed by atoms with van der Waals surface area (Å²) in [4.78, 5) is 22.2. The number of benzene rings is 1. The molecule has 202 valence electrons. The lowest BCUT2D eigenvalue weighted by atomic mass is 9.93. The fraction of sp³-hybridized carbons (Fsp3) is 0.379. The topological polar surface area (TPSA) is 75.0 Å². The van der Waals surface area contributed by atoms with Crippen molar-refractivity contribution in [2.45, 2.75) is 59.2 Å². The van der Waals surface area contributed by atoms with Crippen LogP contribution >= 0.6 is 0 Å². The highest BCUT2D eigenvalue weighted by atomic mass is 19.1. The standard InChI is InChI=1S/C29H32F2N8/c1-6-38-21-11-22(38)15-37(14-21)17(4)19-7-8-26(32-12-19)35-29-33-13-24(31)27(36-29)20-9-23(30)28-25(10-20)39(16(2)3)18(5)34-28/h7-10,12-14,16-17,22H,6,11,15H2,1-5H3,(H,32,33,35,36)/t17-,22?/m0/s1. The van der Waals surface area contributed by atoms with Gasteiger partial charge in [-0.1, -0.05) is 6.07 Å². The van der Waals surface area contributed by atoms with Gasteiger partial charge in [0, 0.05) is 49.2 Å². The summed E-state index contributed by atoms with van der Waals surface area (Å²) in [6.07, 6.45) is 6.36. The Hall–Kier alpha value is -4.08. The van der Waals surface area contributed by atoms with Gasteiger partial charge in [-0.25, -0.2) is 28.7 Å². The van der Waals surface area contributed by atoms with E-state index in [4.69, 9.17) is 0 Å². The summed E-state index contributed by atoms with van der Waals surface area (Å²) >= 11 is 0. The first-order valence-corrected chi connectivity index (χ1v) is 13.4. The van der Waals surface area contributed by atoms with Gasteiger partial charge >= 0.3 is 0 Å². The number of hydrogen-bond donors (Lipinski definition) is 1. The summed E-state index contributed by atoms with van der Waals surface area (Å²) in [6, 6.07) is 7.75. The maximum atomic E-state index is 15.0. The average molecular weight is 531 g/mol. The molecular formula is C29H32F2N8. The normalized spacial score (nSPS) is 17.4. The maximum Gasteiger partial charge on any atom is 0.229 e. The summed E-state index contributed by atoms with van der Waals surface area (Å²) in [6.45, 7) is 12.3. The molecule has 0 aliphatic carbocycles. The van der Waals surface area contributed by atoms with Gasteiger partial charge in [-0.2, -0.15) is 0 Å². The lowest BCUT2D eigenvalue weighted by molar-refractivity contribution is 0.0782. The molecule has 1 fully saturated rings. The van der Waals surface area contributed by atoms with Crippen LogP contribution in [-0.4, -0.2) is 53.4 Å². The SMILES string of the molecule is CCN1C2=CN([C@@H](C)c3ccc(Nc4ncc(F)c(-c5cc(F)c6nc(C)n(C(C)C)c6c5)n4)nc3)CC1C2. The zero-order valence-corrected chi connectivity index (χ0v) is 22.8. The number of pyridine rings is 1. The number of nitrogens with zero attached hydrogens (tertiary/aromatic N) is 7. The molecule has 4 aromatic rings. The van der Waals surface area contributed by atoms with E-state index in [0.29, 0.717) is 28.8 Å². The lowest BCUT2D eigenvalue weighted by Gasteiger charge is -2.52. The monoisotopic (exact) mass is 530 g/mol. The molecule has 39 heavy (non-hydrogen) atoms. The number of fused-ring (bicyclic) bond motifs is 3. The van der Waals surface area contributed by atoms with Gasteiger partial charge in [0.05, 0.1) is 23.8 Å². The van der Waals surface area contributed by atoms with Crippen LogP contribution in [0, 0.1) is 18.6 Å². The van der Waals surface area contributed by atoms with E-state index >= 15 is 0 Å². The highest BCUT2D eigenvalue weighted by Gasteiger charge is 2.38. The first-order valence-electron chi connectivity index (χ1n) is 13.4. The number of anilines is 2. The van der Waals surface area contributed by atoms with Gasteiger partial charge in [-0.3, -0.25) is 0 Å². The molecule has 1 aromatic carbocycles. The number of aromatic nitrogens is 5. The molecule has 0 spiro atoms. The zero-order chi connectivity index (χ0) is 27.4. The largest absolute Gasteiger partial charge is 0.369 e. The Balaban J connectivity index is 1.23. The van der Waals surface area contributed by atoms with E-state index in [9.17, 15) is 8.78 Å². The fourth-order valence-electron chi connectivity index (χ4n) is 5.82. The molecule has 0 saturated carbocycles. The summed E-state index contributed by atoms with van der Waals surface area (Å²) in [5.74, 6) is 0.249. The third kappa shape index (κ3) is 4.37. The van der Waals surface area contributed by atoms with Crippen molar-refractivity contribution in [3.05, 3.63) is 71.6 Å². The minimum Gasteiger partial charge on any atom is -0.369 e. The molecule has 2 atom stereocenters. The lowest BCUT2D eigenvalue weighted by Crippen LogP contribution is -2.55. The van der Waals surface area contributed by atoms with Crippen LogP contribution in [0.3, 0.4) is 0 Å². The predicted molar refractivity (Wildman–Crippen MR) is 147 cm³/mol. The minimum absolute atomic E-state index is 0.00512. The molecule has 1 unspecified atom stereocenters. The average Bonchev–Trinajstić information content (AvgIpc) is 3.26. The van der Waals surface area contributed by atoms with Crippen molar-refractivity contribution >= 4 is 22.8 Å². The Morgan fingerprint density at radius 1 is 1.05 bits per heavy atom. The van der Waals surface area contributed by atoms with E-state index in [1.165, 1.54) is 18.2 Å². The highest BCUT2D eigenvalue weighted by molar-refractivity contribution is 5.83. The summed E-state index contributed by atoms with van der Waals surface area (Å²) in [5.41, 5.74) is 3.68. The van der Waals surface area contributed by atoms with E-state index in [-0.39, 0.29) is 29.2 Å². The predicted octanol–water partition coefficient (Wildman–Crippen LogP) is 6.11. The van der Waals surface area contributed by atoms with Crippen LogP contribution in [0.15, 0.2) is 48.6 Å². The van der Waals surface area contributed by atoms with Crippen LogP contribution in [0.2, 0.25) is 0 Å². The van der Waals surface area contributed by atoms with Crippen LogP contribution in [0.25, 0.3) is 22.3 Å². The molecule has 6 heterocycles. The number of aryl methyl sites for hydroxylation is 1. The third-order valence-electron chi connectivity index (χ3n) is 7.80. The molecule has 3 aliphatic rings. The van der Waals surface area contributed by atoms with Crippen molar-refractivity contribution in [1.82, 2.24) is 34.3 Å². The first kappa shape index (κ1) is 25.2. The van der Waals surface area contributed by atoms with Gasteiger partial charge < -0.3 is 19.7 Å². The number of likely N-dealkylation sites (N-methyl/N-ethyl adjacent to an activating group) is 1. The molecule has 1 N–H and O–H groups in total. The molecule has 7 rings (SSSR count). The van der Waals surface area contributed by atoms with Crippen molar-refractivity contribution in [3.63, 3.8) is 0 Å². The Kier molecular flexibility index (Phi) is 6.20. The van der Waals surface area contributed by atoms with Crippen LogP contribution in [0.5, 0.6) is 0 Å². The number of rotatable bonds is 7. The molecule has 10 heteroatoms. The maximum absolute atomic E-state index is 15.0. The Morgan fingerprint density at radius 3 is 2.54 bits per heavy atom. The molecule has 2 bridgehead atoms. The van der Waals surface area contributed by atoms with Gasteiger partial charge in [-0.05, 0) is 58.4 Å². The molecule has 1 saturated heterocycles. The number of halogens is 2. The minimum atomic E-state index is -0.640. The molecule has 8 nitrogen and oxygen atoms in total. The number of nitrogens with one attached hydrogen (secondary N) is 1. The van der Waals surface area contributed by atoms with Gasteiger partial charge in [0.15, 0.2) is 11.6 Å². The van der Waals surface area contributed by atoms with Crippen molar-refractivity contribution in [2.75, 3.05) is 18.4 Å². The van der Waals surface area contributed by atoms with E-state index in [0.717, 1.165) is 24.8 Å². The van der Waals surface area contributed by atoms with Gasteiger partial charge in [0.1, 0.15) is 22.9 Å².